The molecule has 0 fully saturated rings. The minimum atomic E-state index is -0.474. The highest BCUT2D eigenvalue weighted by atomic mass is 16.6. The second-order valence-corrected chi connectivity index (χ2v) is 6.99. The number of aryl methyl sites for hydroxylation is 1. The van der Waals surface area contributed by atoms with Crippen LogP contribution in [0.3, 0.4) is 0 Å². The lowest BCUT2D eigenvalue weighted by atomic mass is 10.1. The molecule has 1 aliphatic rings. The van der Waals surface area contributed by atoms with Crippen molar-refractivity contribution in [2.45, 2.75) is 6.92 Å². The van der Waals surface area contributed by atoms with Crippen LogP contribution in [0.25, 0.3) is 6.08 Å². The van der Waals surface area contributed by atoms with Crippen LogP contribution in [0.1, 0.15) is 16.7 Å². The number of hydrogen-bond donors (Lipinski definition) is 0. The van der Waals surface area contributed by atoms with Crippen LogP contribution in [0.5, 0.6) is 5.75 Å². The first-order valence-electron chi connectivity index (χ1n) is 9.57. The largest absolute Gasteiger partial charge is 0.497 e. The fourth-order valence-electron chi connectivity index (χ4n) is 3.38. The van der Waals surface area contributed by atoms with E-state index in [0.717, 1.165) is 11.1 Å². The summed E-state index contributed by atoms with van der Waals surface area (Å²) in [6.45, 7) is 1.94. The van der Waals surface area contributed by atoms with Crippen molar-refractivity contribution in [3.05, 3.63) is 105 Å². The maximum absolute atomic E-state index is 13.4. The summed E-state index contributed by atoms with van der Waals surface area (Å²) in [5.41, 5.74) is 2.75. The minimum absolute atomic E-state index is 0.0852. The fraction of sp³-hybridized carbons (Fsp3) is 0.0833. The molecule has 1 aliphatic heterocycles. The van der Waals surface area contributed by atoms with Gasteiger partial charge in [-0.3, -0.25) is 19.8 Å². The van der Waals surface area contributed by atoms with Crippen molar-refractivity contribution in [1.29, 1.82) is 0 Å². The molecule has 31 heavy (non-hydrogen) atoms. The topological polar surface area (TPSA) is 85.0 Å². The lowest BCUT2D eigenvalue weighted by molar-refractivity contribution is -0.385. The molecule has 0 saturated carbocycles. The van der Waals surface area contributed by atoms with Crippen molar-refractivity contribution < 1.29 is 14.5 Å². The molecule has 7 heteroatoms. The summed E-state index contributed by atoms with van der Waals surface area (Å²) < 4.78 is 5.22. The van der Waals surface area contributed by atoms with E-state index in [-0.39, 0.29) is 17.3 Å². The molecule has 4 rings (SSSR count). The van der Waals surface area contributed by atoms with Crippen LogP contribution in [0, 0.1) is 17.0 Å². The molecule has 0 radical (unpaired) electrons. The normalized spacial score (nSPS) is 14.6. The van der Waals surface area contributed by atoms with Crippen LogP contribution in [-0.2, 0) is 4.79 Å². The highest BCUT2D eigenvalue weighted by Gasteiger charge is 2.33. The van der Waals surface area contributed by atoms with Gasteiger partial charge >= 0.3 is 0 Å². The number of nitro groups is 1. The first-order chi connectivity index (χ1) is 15.0. The Balaban J connectivity index is 1.85. The number of aliphatic imine (C=N–C) groups is 1. The molecule has 3 aromatic carbocycles. The van der Waals surface area contributed by atoms with Crippen molar-refractivity contribution in [3.8, 4) is 5.75 Å². The Kier molecular flexibility index (Phi) is 5.32. The molecule has 0 N–H and O–H groups in total. The Bertz CT molecular complexity index is 1230. The molecule has 154 valence electrons. The van der Waals surface area contributed by atoms with Crippen molar-refractivity contribution in [1.82, 2.24) is 0 Å². The molecule has 3 aromatic rings. The number of carbonyl (C=O) groups is 1. The van der Waals surface area contributed by atoms with Gasteiger partial charge in [0, 0.05) is 11.6 Å². The Morgan fingerprint density at radius 2 is 1.77 bits per heavy atom. The molecule has 0 bridgehead atoms. The van der Waals surface area contributed by atoms with Crippen LogP contribution < -0.4 is 9.64 Å². The van der Waals surface area contributed by atoms with E-state index in [4.69, 9.17) is 4.74 Å². The van der Waals surface area contributed by atoms with Gasteiger partial charge in [-0.15, -0.1) is 0 Å². The summed E-state index contributed by atoms with van der Waals surface area (Å²) in [5.74, 6) is 0.782. The molecule has 0 saturated heterocycles. The van der Waals surface area contributed by atoms with Crippen molar-refractivity contribution in [3.63, 3.8) is 0 Å². The Morgan fingerprint density at radius 1 is 1.03 bits per heavy atom. The predicted octanol–water partition coefficient (Wildman–Crippen LogP) is 4.75. The van der Waals surface area contributed by atoms with Gasteiger partial charge in [0.1, 0.15) is 17.3 Å². The van der Waals surface area contributed by atoms with Crippen molar-refractivity contribution in [2.75, 3.05) is 12.0 Å². The van der Waals surface area contributed by atoms with E-state index >= 15 is 0 Å². The number of para-hydroxylation sites is 1. The minimum Gasteiger partial charge on any atom is -0.497 e. The van der Waals surface area contributed by atoms with Crippen LogP contribution in [-0.4, -0.2) is 23.8 Å². The predicted molar refractivity (Wildman–Crippen MR) is 119 cm³/mol. The Hall–Kier alpha value is -4.26. The van der Waals surface area contributed by atoms with Gasteiger partial charge in [-0.25, -0.2) is 4.99 Å². The molecule has 0 spiro atoms. The molecule has 7 nitrogen and oxygen atoms in total. The van der Waals surface area contributed by atoms with Crippen LogP contribution in [0.4, 0.5) is 11.4 Å². The molecule has 1 amide bonds. The number of nitro benzene ring substituents is 1. The van der Waals surface area contributed by atoms with Crippen LogP contribution >= 0.6 is 0 Å². The smallest absolute Gasteiger partial charge is 0.282 e. The Labute approximate surface area is 179 Å². The van der Waals surface area contributed by atoms with Gasteiger partial charge in [0.05, 0.1) is 23.3 Å². The third-order valence-electron chi connectivity index (χ3n) is 4.89. The van der Waals surface area contributed by atoms with Gasteiger partial charge in [-0.05, 0) is 61.0 Å². The van der Waals surface area contributed by atoms with Gasteiger partial charge < -0.3 is 4.74 Å². The summed E-state index contributed by atoms with van der Waals surface area (Å²) >= 11 is 0. The SMILES string of the molecule is COc1ccc(C2=N/C(=C/c3ccccc3[N+](=O)[O-])C(=O)N2c2cccc(C)c2)cc1. The maximum atomic E-state index is 13.4. The van der Waals surface area contributed by atoms with E-state index in [1.54, 1.807) is 37.4 Å². The monoisotopic (exact) mass is 413 g/mol. The molecule has 0 atom stereocenters. The number of carbonyl (C=O) groups excluding carboxylic acids is 1. The van der Waals surface area contributed by atoms with E-state index in [1.807, 2.05) is 43.3 Å². The lowest BCUT2D eigenvalue weighted by Gasteiger charge is -2.19. The van der Waals surface area contributed by atoms with E-state index < -0.39 is 4.92 Å². The number of amides is 1. The molecule has 1 heterocycles. The molecular formula is C24H19N3O4. The Morgan fingerprint density at radius 3 is 2.45 bits per heavy atom. The maximum Gasteiger partial charge on any atom is 0.282 e. The highest BCUT2D eigenvalue weighted by molar-refractivity contribution is 6.33. The summed E-state index contributed by atoms with van der Waals surface area (Å²) in [6.07, 6.45) is 1.46. The zero-order chi connectivity index (χ0) is 22.0. The third kappa shape index (κ3) is 3.93. The summed E-state index contributed by atoms with van der Waals surface area (Å²) in [4.78, 5) is 30.4. The summed E-state index contributed by atoms with van der Waals surface area (Å²) in [6, 6.07) is 21.0. The average molecular weight is 413 g/mol. The highest BCUT2D eigenvalue weighted by Crippen LogP contribution is 2.30. The number of hydrogen-bond acceptors (Lipinski definition) is 5. The van der Waals surface area contributed by atoms with E-state index in [0.29, 0.717) is 22.8 Å². The van der Waals surface area contributed by atoms with Crippen molar-refractivity contribution >= 4 is 29.2 Å². The van der Waals surface area contributed by atoms with Crippen LogP contribution in [0.15, 0.2) is 83.5 Å². The number of rotatable bonds is 5. The number of amidine groups is 1. The van der Waals surface area contributed by atoms with E-state index in [1.165, 1.54) is 17.0 Å². The number of methoxy groups -OCH3 is 1. The zero-order valence-corrected chi connectivity index (χ0v) is 17.0. The quantitative estimate of drug-likeness (QED) is 0.343. The first kappa shape index (κ1) is 20.0. The van der Waals surface area contributed by atoms with Gasteiger partial charge in [-0.1, -0.05) is 24.3 Å². The van der Waals surface area contributed by atoms with Gasteiger partial charge in [-0.2, -0.15) is 0 Å². The van der Waals surface area contributed by atoms with Gasteiger partial charge in [0.25, 0.3) is 11.6 Å². The number of ether oxygens (including phenoxy) is 1. The van der Waals surface area contributed by atoms with Crippen molar-refractivity contribution in [2.24, 2.45) is 4.99 Å². The first-order valence-corrected chi connectivity index (χ1v) is 9.57. The number of anilines is 1. The average Bonchev–Trinajstić information content (AvgIpc) is 3.10. The van der Waals surface area contributed by atoms with Gasteiger partial charge in [0.2, 0.25) is 0 Å². The molecule has 0 aromatic heterocycles. The van der Waals surface area contributed by atoms with Crippen LogP contribution in [0.2, 0.25) is 0 Å². The van der Waals surface area contributed by atoms with E-state index in [9.17, 15) is 14.9 Å². The second kappa shape index (κ2) is 8.23. The lowest BCUT2D eigenvalue weighted by Crippen LogP contribution is -2.32. The fourth-order valence-corrected chi connectivity index (χ4v) is 3.38. The zero-order valence-electron chi connectivity index (χ0n) is 17.0. The molecule has 0 aliphatic carbocycles. The number of nitrogens with zero attached hydrogens (tertiary/aromatic N) is 3. The summed E-state index contributed by atoms with van der Waals surface area (Å²) in [7, 11) is 1.58. The van der Waals surface area contributed by atoms with E-state index in [2.05, 4.69) is 4.99 Å². The summed E-state index contributed by atoms with van der Waals surface area (Å²) in [5, 5.41) is 11.4. The van der Waals surface area contributed by atoms with Gasteiger partial charge in [0.15, 0.2) is 0 Å². The standard InChI is InChI=1S/C24H19N3O4/c1-16-6-5-8-19(14-16)26-23(17-10-12-20(31-2)13-11-17)25-21(24(26)28)15-18-7-3-4-9-22(18)27(29)30/h3-15H,1-2H3/b21-15+. The number of benzene rings is 3. The second-order valence-electron chi connectivity index (χ2n) is 6.99. The molecular weight excluding hydrogens is 394 g/mol. The third-order valence-corrected chi connectivity index (χ3v) is 4.89. The molecule has 0 unspecified atom stereocenters.